The van der Waals surface area contributed by atoms with Crippen LogP contribution in [0, 0.1) is 0 Å². The smallest absolute Gasteiger partial charge is 0.303 e. The largest absolute Gasteiger partial charge is 0.481 e. The number of carbonyl (C=O) groups is 2. The number of hydrogen-bond acceptors (Lipinski definition) is 5. The van der Waals surface area contributed by atoms with Gasteiger partial charge in [0.25, 0.3) is 5.91 Å². The summed E-state index contributed by atoms with van der Waals surface area (Å²) in [7, 11) is 0. The summed E-state index contributed by atoms with van der Waals surface area (Å²) in [5.74, 6) is 0.604. The van der Waals surface area contributed by atoms with E-state index in [4.69, 9.17) is 21.7 Å². The number of halogens is 1. The van der Waals surface area contributed by atoms with E-state index in [0.717, 1.165) is 67.2 Å². The van der Waals surface area contributed by atoms with Crippen LogP contribution in [0.1, 0.15) is 63.5 Å². The summed E-state index contributed by atoms with van der Waals surface area (Å²) in [6.07, 6.45) is 10.2. The molecule has 1 aliphatic heterocycles. The van der Waals surface area contributed by atoms with Crippen molar-refractivity contribution < 1.29 is 19.1 Å². The van der Waals surface area contributed by atoms with Crippen LogP contribution in [0.2, 0.25) is 0 Å². The van der Waals surface area contributed by atoms with Crippen molar-refractivity contribution in [2.24, 2.45) is 0 Å². The Hall–Kier alpha value is -1.90. The first-order valence-electron chi connectivity index (χ1n) is 11.3. The lowest BCUT2D eigenvalue weighted by molar-refractivity contribution is -0.137. The van der Waals surface area contributed by atoms with Gasteiger partial charge in [-0.15, -0.1) is 0 Å². The third-order valence-electron chi connectivity index (χ3n) is 5.44. The summed E-state index contributed by atoms with van der Waals surface area (Å²) in [4.78, 5) is 25.6. The van der Waals surface area contributed by atoms with Gasteiger partial charge < -0.3 is 9.52 Å². The minimum atomic E-state index is -0.713. The fourth-order valence-electron chi connectivity index (χ4n) is 3.66. The number of carboxylic acids is 1. The molecule has 3 rings (SSSR count). The van der Waals surface area contributed by atoms with Gasteiger partial charge in [-0.1, -0.05) is 96.6 Å². The fraction of sp³-hybridized carbons (Fsp3) is 0.400. The van der Waals surface area contributed by atoms with Crippen LogP contribution in [0.5, 0.6) is 0 Å². The zero-order chi connectivity index (χ0) is 23.6. The molecule has 2 aromatic rings. The van der Waals surface area contributed by atoms with E-state index in [0.29, 0.717) is 21.5 Å². The highest BCUT2D eigenvalue weighted by molar-refractivity contribution is 9.10. The molecule has 176 valence electrons. The first-order chi connectivity index (χ1) is 16.0. The number of thiocarbonyl (C=S) groups is 1. The molecule has 1 aromatic carbocycles. The van der Waals surface area contributed by atoms with Crippen LogP contribution in [0.4, 0.5) is 0 Å². The third kappa shape index (κ3) is 7.83. The fourth-order valence-corrected chi connectivity index (χ4v) is 5.43. The normalized spacial score (nSPS) is 15.1. The maximum Gasteiger partial charge on any atom is 0.303 e. The van der Waals surface area contributed by atoms with E-state index < -0.39 is 5.97 Å². The number of carbonyl (C=O) groups excluding carboxylic acids is 1. The van der Waals surface area contributed by atoms with Crippen LogP contribution in [0.25, 0.3) is 17.4 Å². The van der Waals surface area contributed by atoms with Crippen LogP contribution in [0.15, 0.2) is 50.2 Å². The highest BCUT2D eigenvalue weighted by Gasteiger charge is 2.31. The molecule has 5 nitrogen and oxygen atoms in total. The summed E-state index contributed by atoms with van der Waals surface area (Å²) in [6, 6.07) is 11.6. The molecule has 1 amide bonds. The second kappa shape index (κ2) is 13.1. The van der Waals surface area contributed by atoms with E-state index in [1.54, 1.807) is 11.0 Å². The topological polar surface area (TPSA) is 70.8 Å². The van der Waals surface area contributed by atoms with Gasteiger partial charge in [0.2, 0.25) is 0 Å². The quantitative estimate of drug-likeness (QED) is 0.158. The number of hydrogen-bond donors (Lipinski definition) is 1. The zero-order valence-corrected chi connectivity index (χ0v) is 21.6. The Balaban J connectivity index is 1.41. The van der Waals surface area contributed by atoms with Crippen LogP contribution < -0.4 is 0 Å². The zero-order valence-electron chi connectivity index (χ0n) is 18.4. The molecule has 0 radical (unpaired) electrons. The first kappa shape index (κ1) is 25.7. The maximum absolute atomic E-state index is 12.8. The highest BCUT2D eigenvalue weighted by Crippen LogP contribution is 2.35. The van der Waals surface area contributed by atoms with E-state index >= 15 is 0 Å². The molecular formula is C25H28BrNO4S2. The molecule has 0 aliphatic carbocycles. The molecule has 0 bridgehead atoms. The number of rotatable bonds is 13. The van der Waals surface area contributed by atoms with E-state index in [1.165, 1.54) is 11.8 Å². The summed E-state index contributed by atoms with van der Waals surface area (Å²) >= 11 is 10.3. The van der Waals surface area contributed by atoms with E-state index in [1.807, 2.05) is 36.4 Å². The van der Waals surface area contributed by atoms with Gasteiger partial charge in [0, 0.05) is 29.1 Å². The molecule has 1 N–H and O–H groups in total. The lowest BCUT2D eigenvalue weighted by atomic mass is 10.1. The number of amides is 1. The number of unbranched alkanes of at least 4 members (excludes halogenated alkanes) is 7. The van der Waals surface area contributed by atoms with Crippen LogP contribution in [-0.2, 0) is 9.59 Å². The summed E-state index contributed by atoms with van der Waals surface area (Å²) < 4.78 is 7.49. The Labute approximate surface area is 212 Å². The summed E-state index contributed by atoms with van der Waals surface area (Å²) in [5, 5.41) is 8.64. The standard InChI is InChI=1S/C25H28BrNO4S2/c26-20-12-9-8-11-19(20)21-15-14-18(31-21)17-22-24(30)27(25(32)33-22)16-10-6-4-2-1-3-5-7-13-23(28)29/h8-9,11-12,14-15,17H,1-7,10,13,16H2,(H,28,29). The average Bonchev–Trinajstić information content (AvgIpc) is 3.34. The highest BCUT2D eigenvalue weighted by atomic mass is 79.9. The van der Waals surface area contributed by atoms with Gasteiger partial charge in [0.1, 0.15) is 15.8 Å². The van der Waals surface area contributed by atoms with Gasteiger partial charge in [-0.05, 0) is 31.0 Å². The minimum absolute atomic E-state index is 0.0535. The molecule has 0 saturated carbocycles. The van der Waals surface area contributed by atoms with Crippen LogP contribution in [-0.4, -0.2) is 32.7 Å². The van der Waals surface area contributed by atoms with Gasteiger partial charge in [-0.2, -0.15) is 0 Å². The summed E-state index contributed by atoms with van der Waals surface area (Å²) in [6.45, 7) is 0.640. The molecule has 1 aliphatic rings. The molecular weight excluding hydrogens is 522 g/mol. The second-order valence-electron chi connectivity index (χ2n) is 7.99. The van der Waals surface area contributed by atoms with E-state index in [-0.39, 0.29) is 12.3 Å². The molecule has 1 aromatic heterocycles. The van der Waals surface area contributed by atoms with Crippen LogP contribution in [0.3, 0.4) is 0 Å². The SMILES string of the molecule is O=C(O)CCCCCCCCCCN1C(=O)C(=Cc2ccc(-c3ccccc3Br)o2)SC1=S. The Kier molecular flexibility index (Phi) is 10.2. The molecule has 0 spiro atoms. The number of benzene rings is 1. The Morgan fingerprint density at radius 1 is 1.03 bits per heavy atom. The molecule has 0 unspecified atom stereocenters. The van der Waals surface area contributed by atoms with Gasteiger partial charge in [-0.3, -0.25) is 14.5 Å². The van der Waals surface area contributed by atoms with Gasteiger partial charge in [-0.25, -0.2) is 0 Å². The summed E-state index contributed by atoms with van der Waals surface area (Å²) in [5.41, 5.74) is 0.963. The van der Waals surface area contributed by atoms with Gasteiger partial charge in [0.15, 0.2) is 0 Å². The number of thioether (sulfide) groups is 1. The van der Waals surface area contributed by atoms with Crippen molar-refractivity contribution in [1.82, 2.24) is 4.90 Å². The maximum atomic E-state index is 12.8. The molecule has 2 heterocycles. The number of aliphatic carboxylic acids is 1. The lowest BCUT2D eigenvalue weighted by Gasteiger charge is -2.14. The minimum Gasteiger partial charge on any atom is -0.481 e. The van der Waals surface area contributed by atoms with Gasteiger partial charge >= 0.3 is 5.97 Å². The Morgan fingerprint density at radius 2 is 1.70 bits per heavy atom. The van der Waals surface area contributed by atoms with E-state index in [9.17, 15) is 9.59 Å². The molecule has 1 fully saturated rings. The lowest BCUT2D eigenvalue weighted by Crippen LogP contribution is -2.28. The Morgan fingerprint density at radius 3 is 2.39 bits per heavy atom. The Bertz CT molecular complexity index is 1020. The van der Waals surface area contributed by atoms with Crippen molar-refractivity contribution in [2.75, 3.05) is 6.54 Å². The van der Waals surface area contributed by atoms with Gasteiger partial charge in [0.05, 0.1) is 4.91 Å². The van der Waals surface area contributed by atoms with Crippen molar-refractivity contribution in [3.05, 3.63) is 51.5 Å². The first-order valence-corrected chi connectivity index (χ1v) is 13.3. The number of carboxylic acid groups (broad SMARTS) is 1. The molecule has 8 heteroatoms. The predicted octanol–water partition coefficient (Wildman–Crippen LogP) is 7.51. The monoisotopic (exact) mass is 549 g/mol. The average molecular weight is 551 g/mol. The van der Waals surface area contributed by atoms with Crippen molar-refractivity contribution in [2.45, 2.75) is 57.8 Å². The number of nitrogens with zero attached hydrogens (tertiary/aromatic N) is 1. The second-order valence-corrected chi connectivity index (χ2v) is 10.5. The molecule has 1 saturated heterocycles. The van der Waals surface area contributed by atoms with Crippen LogP contribution >= 0.6 is 39.9 Å². The molecule has 0 atom stereocenters. The van der Waals surface area contributed by atoms with E-state index in [2.05, 4.69) is 15.9 Å². The van der Waals surface area contributed by atoms with Crippen molar-refractivity contribution in [1.29, 1.82) is 0 Å². The third-order valence-corrected chi connectivity index (χ3v) is 7.50. The molecule has 33 heavy (non-hydrogen) atoms. The van der Waals surface area contributed by atoms with Crippen molar-refractivity contribution >= 4 is 62.2 Å². The predicted molar refractivity (Wildman–Crippen MR) is 141 cm³/mol. The van der Waals surface area contributed by atoms with Crippen molar-refractivity contribution in [3.63, 3.8) is 0 Å². The van der Waals surface area contributed by atoms with Crippen molar-refractivity contribution in [3.8, 4) is 11.3 Å². The number of furan rings is 1.